The Bertz CT molecular complexity index is 755. The standard InChI is InChI=1S/C16H21N2O9P/c1-10(8-13(19)20)17-15(21)14-16(2,3)9-25-28(24,27-14)26-12-6-4-11(5-7-12)18(22)23/h4-7,10,14,24H,8-9H2,1-3H3,(H-,17,19,20,21)/p+1. The molecule has 2 rings (SSSR count). The van der Waals surface area contributed by atoms with Crippen molar-refractivity contribution in [3.05, 3.63) is 34.4 Å². The smallest absolute Gasteiger partial charge is 0.481 e. The quantitative estimate of drug-likeness (QED) is 0.343. The fourth-order valence-electron chi connectivity index (χ4n) is 2.47. The van der Waals surface area contributed by atoms with Crippen molar-refractivity contribution >= 4 is 25.7 Å². The van der Waals surface area contributed by atoms with Gasteiger partial charge >= 0.3 is 14.1 Å². The van der Waals surface area contributed by atoms with E-state index in [1.54, 1.807) is 13.8 Å². The zero-order chi connectivity index (χ0) is 21.1. The van der Waals surface area contributed by atoms with Crippen molar-refractivity contribution < 1.29 is 38.1 Å². The SMILES string of the molecule is CC(CC(=O)O)NC(=O)C1O[P+](O)(Oc2ccc([N+](=O)[O-])cc2)OCC1(C)C. The highest BCUT2D eigenvalue weighted by Crippen LogP contribution is 2.63. The highest BCUT2D eigenvalue weighted by Gasteiger charge is 2.60. The van der Waals surface area contributed by atoms with E-state index in [0.717, 1.165) is 0 Å². The zero-order valence-corrected chi connectivity index (χ0v) is 16.4. The summed E-state index contributed by atoms with van der Waals surface area (Å²) in [5, 5.41) is 22.0. The van der Waals surface area contributed by atoms with Crippen LogP contribution in [0.1, 0.15) is 27.2 Å². The van der Waals surface area contributed by atoms with Crippen LogP contribution in [-0.2, 0) is 18.6 Å². The van der Waals surface area contributed by atoms with Crippen LogP contribution in [0.4, 0.5) is 5.69 Å². The maximum atomic E-state index is 12.6. The third-order valence-electron chi connectivity index (χ3n) is 3.92. The molecular weight excluding hydrogens is 395 g/mol. The van der Waals surface area contributed by atoms with Gasteiger partial charge in [0, 0.05) is 23.6 Å². The molecule has 1 fully saturated rings. The molecular formula is C16H22N2O9P+. The Kier molecular flexibility index (Phi) is 6.56. The number of hydrogen-bond acceptors (Lipinski definition) is 8. The molecule has 1 aliphatic heterocycles. The lowest BCUT2D eigenvalue weighted by atomic mass is 9.87. The summed E-state index contributed by atoms with van der Waals surface area (Å²) in [5.74, 6) is -1.60. The fraction of sp³-hybridized carbons (Fsp3) is 0.500. The lowest BCUT2D eigenvalue weighted by Crippen LogP contribution is -2.52. The first-order valence-electron chi connectivity index (χ1n) is 8.33. The van der Waals surface area contributed by atoms with Crippen molar-refractivity contribution in [3.63, 3.8) is 0 Å². The molecule has 3 N–H and O–H groups in total. The number of rotatable bonds is 7. The van der Waals surface area contributed by atoms with E-state index in [1.807, 2.05) is 0 Å². The molecule has 0 spiro atoms. The Labute approximate surface area is 161 Å². The number of carboxylic acids is 1. The Balaban J connectivity index is 2.11. The highest BCUT2D eigenvalue weighted by atomic mass is 31.2. The number of aliphatic carboxylic acids is 1. The molecule has 28 heavy (non-hydrogen) atoms. The molecule has 3 unspecified atom stereocenters. The Hall–Kier alpha value is -2.33. The minimum absolute atomic E-state index is 0.0599. The molecule has 0 aromatic heterocycles. The van der Waals surface area contributed by atoms with Gasteiger partial charge < -0.3 is 10.4 Å². The Morgan fingerprint density at radius 3 is 2.57 bits per heavy atom. The number of benzene rings is 1. The lowest BCUT2D eigenvalue weighted by Gasteiger charge is -2.36. The number of carbonyl (C=O) groups excluding carboxylic acids is 1. The van der Waals surface area contributed by atoms with Gasteiger partial charge in [-0.2, -0.15) is 4.89 Å². The largest absolute Gasteiger partial charge is 0.619 e. The molecule has 1 aromatic carbocycles. The van der Waals surface area contributed by atoms with Crippen LogP contribution in [0.3, 0.4) is 0 Å². The number of carbonyl (C=O) groups is 2. The maximum absolute atomic E-state index is 12.6. The normalized spacial score (nSPS) is 24.8. The summed E-state index contributed by atoms with van der Waals surface area (Å²) in [6.45, 7) is 4.85. The highest BCUT2D eigenvalue weighted by molar-refractivity contribution is 7.56. The van der Waals surface area contributed by atoms with Crippen LogP contribution in [0.15, 0.2) is 24.3 Å². The van der Waals surface area contributed by atoms with Gasteiger partial charge in [-0.15, -0.1) is 9.05 Å². The van der Waals surface area contributed by atoms with E-state index in [2.05, 4.69) is 5.32 Å². The molecule has 12 heteroatoms. The number of nitro benzene ring substituents is 1. The molecule has 0 saturated carbocycles. The Morgan fingerprint density at radius 1 is 1.43 bits per heavy atom. The number of nitrogens with zero attached hydrogens (tertiary/aromatic N) is 1. The van der Waals surface area contributed by atoms with Gasteiger partial charge in [0.1, 0.15) is 6.61 Å². The van der Waals surface area contributed by atoms with Crippen molar-refractivity contribution in [2.45, 2.75) is 39.3 Å². The molecule has 1 amide bonds. The van der Waals surface area contributed by atoms with Crippen LogP contribution >= 0.6 is 8.17 Å². The second kappa shape index (κ2) is 8.36. The van der Waals surface area contributed by atoms with Crippen molar-refractivity contribution in [2.24, 2.45) is 5.41 Å². The molecule has 1 saturated heterocycles. The van der Waals surface area contributed by atoms with E-state index < -0.39 is 42.5 Å². The van der Waals surface area contributed by atoms with Gasteiger partial charge in [-0.25, -0.2) is 0 Å². The van der Waals surface area contributed by atoms with E-state index in [0.29, 0.717) is 0 Å². The molecule has 0 bridgehead atoms. The van der Waals surface area contributed by atoms with Gasteiger partial charge in [0.05, 0.1) is 11.3 Å². The first-order chi connectivity index (χ1) is 12.9. The van der Waals surface area contributed by atoms with E-state index in [9.17, 15) is 24.6 Å². The van der Waals surface area contributed by atoms with Crippen LogP contribution in [0.2, 0.25) is 0 Å². The summed E-state index contributed by atoms with van der Waals surface area (Å²) in [5.41, 5.74) is -0.980. The predicted molar refractivity (Wildman–Crippen MR) is 97.3 cm³/mol. The van der Waals surface area contributed by atoms with Gasteiger partial charge in [0.15, 0.2) is 11.9 Å². The van der Waals surface area contributed by atoms with Gasteiger partial charge in [-0.1, -0.05) is 13.8 Å². The number of carboxylic acid groups (broad SMARTS) is 1. The minimum Gasteiger partial charge on any atom is -0.481 e. The topological polar surface area (TPSA) is 157 Å². The molecule has 3 atom stereocenters. The third-order valence-corrected chi connectivity index (χ3v) is 5.30. The molecule has 1 heterocycles. The van der Waals surface area contributed by atoms with Crippen LogP contribution in [0.5, 0.6) is 5.75 Å². The molecule has 154 valence electrons. The average molecular weight is 417 g/mol. The first-order valence-corrected chi connectivity index (χ1v) is 9.82. The molecule has 1 aromatic rings. The summed E-state index contributed by atoms with van der Waals surface area (Å²) in [6.07, 6.45) is -1.43. The number of non-ortho nitro benzene ring substituents is 1. The lowest BCUT2D eigenvalue weighted by molar-refractivity contribution is -0.384. The Morgan fingerprint density at radius 2 is 2.04 bits per heavy atom. The van der Waals surface area contributed by atoms with Crippen LogP contribution < -0.4 is 9.84 Å². The summed E-state index contributed by atoms with van der Waals surface area (Å²) >= 11 is 0. The second-order valence-corrected chi connectivity index (χ2v) is 8.65. The molecule has 1 aliphatic rings. The zero-order valence-electron chi connectivity index (χ0n) is 15.5. The third kappa shape index (κ3) is 5.59. The van der Waals surface area contributed by atoms with Gasteiger partial charge in [-0.05, 0) is 19.1 Å². The van der Waals surface area contributed by atoms with Gasteiger partial charge in [0.2, 0.25) is 0 Å². The summed E-state index contributed by atoms with van der Waals surface area (Å²) in [6, 6.07) is 4.27. The monoisotopic (exact) mass is 417 g/mol. The fourth-order valence-corrected chi connectivity index (χ4v) is 4.16. The summed E-state index contributed by atoms with van der Waals surface area (Å²) in [7, 11) is -3.93. The first kappa shape index (κ1) is 22.0. The number of nitro groups is 1. The van der Waals surface area contributed by atoms with E-state index in [4.69, 9.17) is 18.7 Å². The molecule has 11 nitrogen and oxygen atoms in total. The van der Waals surface area contributed by atoms with Gasteiger partial charge in [-0.3, -0.25) is 24.2 Å². The van der Waals surface area contributed by atoms with E-state index in [-0.39, 0.29) is 24.5 Å². The predicted octanol–water partition coefficient (Wildman–Crippen LogP) is 2.06. The molecule has 0 aliphatic carbocycles. The van der Waals surface area contributed by atoms with Crippen LogP contribution in [0, 0.1) is 15.5 Å². The van der Waals surface area contributed by atoms with Crippen molar-refractivity contribution in [1.82, 2.24) is 5.32 Å². The van der Waals surface area contributed by atoms with Crippen LogP contribution in [-0.4, -0.2) is 45.6 Å². The van der Waals surface area contributed by atoms with Crippen molar-refractivity contribution in [1.29, 1.82) is 0 Å². The second-order valence-electron chi connectivity index (χ2n) is 7.07. The summed E-state index contributed by atoms with van der Waals surface area (Å²) < 4.78 is 16.1. The average Bonchev–Trinajstić information content (AvgIpc) is 2.57. The maximum Gasteiger partial charge on any atom is 0.619 e. The molecule has 0 radical (unpaired) electrons. The van der Waals surface area contributed by atoms with E-state index in [1.165, 1.54) is 31.2 Å². The van der Waals surface area contributed by atoms with Crippen molar-refractivity contribution in [3.8, 4) is 5.75 Å². The van der Waals surface area contributed by atoms with Crippen LogP contribution in [0.25, 0.3) is 0 Å². The van der Waals surface area contributed by atoms with Gasteiger partial charge in [0.25, 0.3) is 11.6 Å². The minimum atomic E-state index is -3.93. The summed E-state index contributed by atoms with van der Waals surface area (Å²) in [4.78, 5) is 44.0. The number of hydrogen-bond donors (Lipinski definition) is 3. The number of nitrogens with one attached hydrogen (secondary N) is 1. The number of amides is 1. The van der Waals surface area contributed by atoms with Crippen molar-refractivity contribution in [2.75, 3.05) is 6.61 Å². The van der Waals surface area contributed by atoms with E-state index >= 15 is 0 Å².